The van der Waals surface area contributed by atoms with Gasteiger partial charge in [0.1, 0.15) is 0 Å². The van der Waals surface area contributed by atoms with Gasteiger partial charge in [0, 0.05) is 32.6 Å². The predicted octanol–water partition coefficient (Wildman–Crippen LogP) is 3.52. The van der Waals surface area contributed by atoms with Crippen molar-refractivity contribution in [1.29, 1.82) is 0 Å². The van der Waals surface area contributed by atoms with E-state index in [0.29, 0.717) is 16.7 Å². The summed E-state index contributed by atoms with van der Waals surface area (Å²) in [5, 5.41) is 10.0. The number of thioether (sulfide) groups is 1. The van der Waals surface area contributed by atoms with Gasteiger partial charge < -0.3 is 15.5 Å². The van der Waals surface area contributed by atoms with E-state index in [1.165, 1.54) is 11.8 Å². The number of nitrogens with two attached hydrogens (primary N) is 1. The number of amides is 2. The van der Waals surface area contributed by atoms with E-state index in [1.807, 2.05) is 59.2 Å². The fourth-order valence-corrected chi connectivity index (χ4v) is 4.94. The van der Waals surface area contributed by atoms with Crippen molar-refractivity contribution in [3.05, 3.63) is 65.2 Å². The van der Waals surface area contributed by atoms with Crippen LogP contribution in [0.2, 0.25) is 5.02 Å². The van der Waals surface area contributed by atoms with E-state index in [4.69, 9.17) is 17.3 Å². The molecule has 1 fully saturated rings. The van der Waals surface area contributed by atoms with Crippen molar-refractivity contribution in [2.24, 2.45) is 5.73 Å². The lowest BCUT2D eigenvalue weighted by Gasteiger charge is -2.22. The second kappa shape index (κ2) is 11.4. The first kappa shape index (κ1) is 24.1. The van der Waals surface area contributed by atoms with Gasteiger partial charge in [-0.2, -0.15) is 0 Å². The van der Waals surface area contributed by atoms with Gasteiger partial charge in [-0.15, -0.1) is 10.2 Å². The molecule has 1 saturated heterocycles. The number of benzene rings is 2. The Labute approximate surface area is 208 Å². The molecule has 2 amide bonds. The van der Waals surface area contributed by atoms with Crippen molar-refractivity contribution in [1.82, 2.24) is 19.7 Å². The number of rotatable bonds is 10. The molecule has 0 radical (unpaired) electrons. The molecule has 0 spiro atoms. The smallest absolute Gasteiger partial charge is 0.233 e. The van der Waals surface area contributed by atoms with Crippen LogP contribution in [-0.4, -0.2) is 56.9 Å². The molecule has 3 aromatic rings. The van der Waals surface area contributed by atoms with Crippen molar-refractivity contribution >= 4 is 41.1 Å². The number of aromatic nitrogens is 3. The van der Waals surface area contributed by atoms with E-state index in [0.717, 1.165) is 43.1 Å². The van der Waals surface area contributed by atoms with Crippen LogP contribution < -0.4 is 10.6 Å². The number of primary amides is 1. The number of carbonyl (C=O) groups is 2. The van der Waals surface area contributed by atoms with Gasteiger partial charge in [0.2, 0.25) is 17.8 Å². The molecule has 1 aromatic heterocycles. The highest BCUT2D eigenvalue weighted by atomic mass is 35.5. The molecule has 0 bridgehead atoms. The highest BCUT2D eigenvalue weighted by Gasteiger charge is 2.24. The number of anilines is 1. The molecule has 0 atom stereocenters. The van der Waals surface area contributed by atoms with Crippen LogP contribution in [0, 0.1) is 0 Å². The number of carbonyl (C=O) groups excluding carboxylic acids is 2. The summed E-state index contributed by atoms with van der Waals surface area (Å²) in [5.74, 6) is 0.336. The number of hydrogen-bond acceptors (Lipinski definition) is 6. The zero-order chi connectivity index (χ0) is 23.9. The largest absolute Gasteiger partial charge is 0.370 e. The van der Waals surface area contributed by atoms with E-state index in [2.05, 4.69) is 15.1 Å². The molecule has 2 aromatic carbocycles. The lowest BCUT2D eigenvalue weighted by Crippen LogP contribution is -2.34. The standard InChI is InChI=1S/C24H27ClN6O2S/c25-19-10-4-5-11-20(19)31-23(29-13-6-7-14-29)27-28-24(31)34-17-22(33)30(15-12-21(26)32)16-18-8-2-1-3-9-18/h1-5,8-11H,6-7,12-17H2,(H2,26,32). The number of hydrogen-bond donors (Lipinski definition) is 1. The maximum absolute atomic E-state index is 13.2. The summed E-state index contributed by atoms with van der Waals surface area (Å²) < 4.78 is 1.93. The molecule has 0 unspecified atom stereocenters. The van der Waals surface area contributed by atoms with Crippen LogP contribution in [0.3, 0.4) is 0 Å². The van der Waals surface area contributed by atoms with Gasteiger partial charge in [-0.3, -0.25) is 14.2 Å². The van der Waals surface area contributed by atoms with Gasteiger partial charge in [-0.25, -0.2) is 0 Å². The molecule has 34 heavy (non-hydrogen) atoms. The van der Waals surface area contributed by atoms with Gasteiger partial charge in [-0.1, -0.05) is 65.8 Å². The molecule has 2 N–H and O–H groups in total. The first-order valence-corrected chi connectivity index (χ1v) is 12.6. The molecular weight excluding hydrogens is 472 g/mol. The Hall–Kier alpha value is -3.04. The van der Waals surface area contributed by atoms with Crippen LogP contribution in [0.4, 0.5) is 5.95 Å². The minimum Gasteiger partial charge on any atom is -0.370 e. The lowest BCUT2D eigenvalue weighted by atomic mass is 10.2. The van der Waals surface area contributed by atoms with Crippen LogP contribution in [-0.2, 0) is 16.1 Å². The van der Waals surface area contributed by atoms with Crippen molar-refractivity contribution < 1.29 is 9.59 Å². The molecule has 8 nitrogen and oxygen atoms in total. The summed E-state index contributed by atoms with van der Waals surface area (Å²) in [6, 6.07) is 17.2. The maximum Gasteiger partial charge on any atom is 0.233 e. The highest BCUT2D eigenvalue weighted by molar-refractivity contribution is 7.99. The maximum atomic E-state index is 13.2. The van der Waals surface area contributed by atoms with Gasteiger partial charge >= 0.3 is 0 Å². The topological polar surface area (TPSA) is 97.3 Å². The molecule has 178 valence electrons. The van der Waals surface area contributed by atoms with Gasteiger partial charge in [-0.05, 0) is 30.5 Å². The summed E-state index contributed by atoms with van der Waals surface area (Å²) in [6.07, 6.45) is 2.31. The summed E-state index contributed by atoms with van der Waals surface area (Å²) in [5.41, 5.74) is 7.10. The SMILES string of the molecule is NC(=O)CCN(Cc1ccccc1)C(=O)CSc1nnc(N2CCCC2)n1-c1ccccc1Cl. The Balaban J connectivity index is 1.54. The third-order valence-electron chi connectivity index (χ3n) is 5.62. The van der Waals surface area contributed by atoms with Crippen molar-refractivity contribution in [3.8, 4) is 5.69 Å². The Morgan fingerprint density at radius 3 is 2.44 bits per heavy atom. The van der Waals surface area contributed by atoms with E-state index in [-0.39, 0.29) is 24.6 Å². The van der Waals surface area contributed by atoms with E-state index in [1.54, 1.807) is 4.90 Å². The van der Waals surface area contributed by atoms with Crippen LogP contribution in [0.5, 0.6) is 0 Å². The molecule has 0 saturated carbocycles. The normalized spacial score (nSPS) is 13.3. The van der Waals surface area contributed by atoms with Crippen LogP contribution in [0.1, 0.15) is 24.8 Å². The quantitative estimate of drug-likeness (QED) is 0.429. The third-order valence-corrected chi connectivity index (χ3v) is 6.85. The first-order chi connectivity index (χ1) is 16.5. The molecule has 4 rings (SSSR count). The molecule has 1 aliphatic heterocycles. The zero-order valence-corrected chi connectivity index (χ0v) is 20.3. The fourth-order valence-electron chi connectivity index (χ4n) is 3.88. The Kier molecular flexibility index (Phi) is 8.08. The van der Waals surface area contributed by atoms with Gasteiger partial charge in [0.05, 0.1) is 16.5 Å². The van der Waals surface area contributed by atoms with E-state index >= 15 is 0 Å². The fraction of sp³-hybridized carbons (Fsp3) is 0.333. The number of nitrogens with zero attached hydrogens (tertiary/aromatic N) is 5. The second-order valence-corrected chi connectivity index (χ2v) is 9.42. The van der Waals surface area contributed by atoms with Crippen LogP contribution >= 0.6 is 23.4 Å². The summed E-state index contributed by atoms with van der Waals surface area (Å²) in [4.78, 5) is 28.4. The van der Waals surface area contributed by atoms with Crippen molar-refractivity contribution in [3.63, 3.8) is 0 Å². The van der Waals surface area contributed by atoms with Gasteiger partial charge in [0.15, 0.2) is 5.16 Å². The minimum absolute atomic E-state index is 0.105. The second-order valence-electron chi connectivity index (χ2n) is 8.07. The Morgan fingerprint density at radius 2 is 1.74 bits per heavy atom. The third kappa shape index (κ3) is 5.90. The summed E-state index contributed by atoms with van der Waals surface area (Å²) >= 11 is 7.83. The Bertz CT molecular complexity index is 1130. The summed E-state index contributed by atoms with van der Waals surface area (Å²) in [7, 11) is 0. The average Bonchev–Trinajstić information content (AvgIpc) is 3.51. The van der Waals surface area contributed by atoms with Crippen LogP contribution in [0.15, 0.2) is 59.8 Å². The monoisotopic (exact) mass is 498 g/mol. The zero-order valence-electron chi connectivity index (χ0n) is 18.8. The number of halogens is 1. The van der Waals surface area contributed by atoms with Gasteiger partial charge in [0.25, 0.3) is 0 Å². The molecule has 10 heteroatoms. The molecular formula is C24H27ClN6O2S. The highest BCUT2D eigenvalue weighted by Crippen LogP contribution is 2.32. The average molecular weight is 499 g/mol. The molecule has 2 heterocycles. The Morgan fingerprint density at radius 1 is 1.03 bits per heavy atom. The first-order valence-electron chi connectivity index (χ1n) is 11.2. The molecule has 1 aliphatic rings. The summed E-state index contributed by atoms with van der Waals surface area (Å²) in [6.45, 7) is 2.48. The minimum atomic E-state index is -0.438. The molecule has 0 aliphatic carbocycles. The predicted molar refractivity (Wildman–Crippen MR) is 134 cm³/mol. The number of para-hydroxylation sites is 1. The van der Waals surface area contributed by atoms with Crippen molar-refractivity contribution in [2.45, 2.75) is 31.0 Å². The van der Waals surface area contributed by atoms with E-state index in [9.17, 15) is 9.59 Å². The van der Waals surface area contributed by atoms with Crippen LogP contribution in [0.25, 0.3) is 5.69 Å². The van der Waals surface area contributed by atoms with E-state index < -0.39 is 5.91 Å². The van der Waals surface area contributed by atoms with Crippen molar-refractivity contribution in [2.75, 3.05) is 30.3 Å². The lowest BCUT2D eigenvalue weighted by molar-refractivity contribution is -0.129.